The number of hydrogen-bond acceptors (Lipinski definition) is 6. The number of rotatable bonds is 7. The molecule has 0 aliphatic rings. The zero-order chi connectivity index (χ0) is 21.0. The van der Waals surface area contributed by atoms with Crippen LogP contribution in [0.5, 0.6) is 0 Å². The molecular formula is C19H17ClN4O3S2. The second kappa shape index (κ2) is 8.86. The molecular weight excluding hydrogens is 432 g/mol. The fourth-order valence-corrected chi connectivity index (χ4v) is 4.34. The van der Waals surface area contributed by atoms with Gasteiger partial charge in [0.15, 0.2) is 15.0 Å². The molecule has 0 spiro atoms. The molecule has 0 bridgehead atoms. The number of nitrogens with one attached hydrogen (secondary N) is 1. The lowest BCUT2D eigenvalue weighted by molar-refractivity contribution is -0.113. The Kier molecular flexibility index (Phi) is 6.47. The molecule has 1 heterocycles. The van der Waals surface area contributed by atoms with Crippen LogP contribution in [0.15, 0.2) is 52.5 Å². The highest BCUT2D eigenvalue weighted by Crippen LogP contribution is 2.27. The first kappa shape index (κ1) is 21.2. The quantitative estimate of drug-likeness (QED) is 0.552. The van der Waals surface area contributed by atoms with Gasteiger partial charge in [-0.15, -0.1) is 0 Å². The van der Waals surface area contributed by atoms with E-state index in [0.29, 0.717) is 18.1 Å². The Morgan fingerprint density at radius 2 is 2.07 bits per heavy atom. The van der Waals surface area contributed by atoms with E-state index in [2.05, 4.69) is 16.4 Å². The maximum Gasteiger partial charge on any atom is 0.234 e. The van der Waals surface area contributed by atoms with Crippen LogP contribution in [0.25, 0.3) is 11.0 Å². The number of hydrogen-bond donors (Lipinski definition) is 1. The number of halogens is 1. The van der Waals surface area contributed by atoms with Gasteiger partial charge in [-0.25, -0.2) is 13.4 Å². The normalized spacial score (nSPS) is 11.3. The van der Waals surface area contributed by atoms with Crippen molar-refractivity contribution in [3.05, 3.63) is 47.5 Å². The van der Waals surface area contributed by atoms with Crippen molar-refractivity contribution in [2.24, 2.45) is 0 Å². The number of nitriles is 1. The number of carbonyl (C=O) groups excluding carboxylic acids is 1. The molecule has 0 aliphatic heterocycles. The number of nitrogens with zero attached hydrogens (tertiary/aromatic N) is 3. The van der Waals surface area contributed by atoms with Crippen LogP contribution >= 0.6 is 23.4 Å². The monoisotopic (exact) mass is 448 g/mol. The number of aryl methyl sites for hydroxylation is 1. The van der Waals surface area contributed by atoms with E-state index in [4.69, 9.17) is 16.9 Å². The summed E-state index contributed by atoms with van der Waals surface area (Å²) in [4.78, 5) is 17.0. The van der Waals surface area contributed by atoms with Crippen molar-refractivity contribution in [2.45, 2.75) is 23.0 Å². The van der Waals surface area contributed by atoms with Crippen LogP contribution in [-0.4, -0.2) is 35.9 Å². The average Bonchev–Trinajstić information content (AvgIpc) is 3.03. The van der Waals surface area contributed by atoms with Crippen molar-refractivity contribution >= 4 is 55.8 Å². The minimum absolute atomic E-state index is 0.0509. The molecule has 3 rings (SSSR count). The molecule has 0 atom stereocenters. The Hall–Kier alpha value is -2.54. The summed E-state index contributed by atoms with van der Waals surface area (Å²) >= 11 is 7.32. The van der Waals surface area contributed by atoms with Gasteiger partial charge in [-0.1, -0.05) is 35.5 Å². The van der Waals surface area contributed by atoms with Crippen LogP contribution in [0, 0.1) is 11.3 Å². The molecule has 1 aromatic heterocycles. The molecule has 0 aliphatic carbocycles. The van der Waals surface area contributed by atoms with Gasteiger partial charge in [0.05, 0.1) is 44.9 Å². The van der Waals surface area contributed by atoms with Crippen molar-refractivity contribution in [3.8, 4) is 6.07 Å². The van der Waals surface area contributed by atoms with E-state index in [1.165, 1.54) is 30.0 Å². The number of sulfone groups is 1. The van der Waals surface area contributed by atoms with Gasteiger partial charge < -0.3 is 9.88 Å². The molecule has 2 aromatic carbocycles. The fraction of sp³-hybridized carbons (Fsp3) is 0.211. The SMILES string of the molecule is CS(=O)(=O)c1ccc(Cl)c(NC(=O)CSc2nc3ccccc3n2CCC#N)c1. The van der Waals surface area contributed by atoms with E-state index < -0.39 is 9.84 Å². The van der Waals surface area contributed by atoms with Crippen LogP contribution in [-0.2, 0) is 21.2 Å². The minimum atomic E-state index is -3.42. The molecule has 1 N–H and O–H groups in total. The lowest BCUT2D eigenvalue weighted by atomic mass is 10.3. The minimum Gasteiger partial charge on any atom is -0.324 e. The molecule has 0 saturated carbocycles. The number of carbonyl (C=O) groups is 1. The van der Waals surface area contributed by atoms with E-state index in [9.17, 15) is 13.2 Å². The predicted octanol–water partition coefficient (Wildman–Crippen LogP) is 3.74. The Balaban J connectivity index is 1.76. The smallest absolute Gasteiger partial charge is 0.234 e. The summed E-state index contributed by atoms with van der Waals surface area (Å²) in [5, 5.41) is 12.4. The molecule has 7 nitrogen and oxygen atoms in total. The largest absolute Gasteiger partial charge is 0.324 e. The molecule has 150 valence electrons. The lowest BCUT2D eigenvalue weighted by Gasteiger charge is -2.09. The summed E-state index contributed by atoms with van der Waals surface area (Å²) < 4.78 is 25.3. The van der Waals surface area contributed by atoms with Gasteiger partial charge >= 0.3 is 0 Å². The van der Waals surface area contributed by atoms with Gasteiger partial charge in [-0.2, -0.15) is 5.26 Å². The maximum atomic E-state index is 12.4. The third kappa shape index (κ3) is 5.09. The Morgan fingerprint density at radius 3 is 2.79 bits per heavy atom. The van der Waals surface area contributed by atoms with Crippen LogP contribution in [0.4, 0.5) is 5.69 Å². The van der Waals surface area contributed by atoms with E-state index in [0.717, 1.165) is 17.3 Å². The zero-order valence-electron chi connectivity index (χ0n) is 15.4. The highest BCUT2D eigenvalue weighted by atomic mass is 35.5. The second-order valence-electron chi connectivity index (χ2n) is 6.19. The molecule has 0 unspecified atom stereocenters. The first-order valence-electron chi connectivity index (χ1n) is 8.54. The molecule has 10 heteroatoms. The summed E-state index contributed by atoms with van der Waals surface area (Å²) in [5.74, 6) is -0.295. The van der Waals surface area contributed by atoms with Crippen molar-refractivity contribution in [3.63, 3.8) is 0 Å². The number of fused-ring (bicyclic) bond motifs is 1. The third-order valence-corrected chi connectivity index (χ3v) is 6.46. The van der Waals surface area contributed by atoms with Crippen LogP contribution in [0.1, 0.15) is 6.42 Å². The van der Waals surface area contributed by atoms with Crippen molar-refractivity contribution in [2.75, 3.05) is 17.3 Å². The Bertz CT molecular complexity index is 1220. The van der Waals surface area contributed by atoms with Crippen LogP contribution < -0.4 is 5.32 Å². The van der Waals surface area contributed by atoms with Gasteiger partial charge in [0.1, 0.15) is 0 Å². The average molecular weight is 449 g/mol. The van der Waals surface area contributed by atoms with Gasteiger partial charge in [0.25, 0.3) is 0 Å². The van der Waals surface area contributed by atoms with Gasteiger partial charge in [-0.05, 0) is 30.3 Å². The van der Waals surface area contributed by atoms with Gasteiger partial charge in [-0.3, -0.25) is 4.79 Å². The molecule has 0 saturated heterocycles. The summed E-state index contributed by atoms with van der Waals surface area (Å²) in [6.07, 6.45) is 1.41. The Labute approximate surface area is 177 Å². The number of aromatic nitrogens is 2. The first-order chi connectivity index (χ1) is 13.8. The van der Waals surface area contributed by atoms with E-state index in [1.54, 1.807) is 0 Å². The van der Waals surface area contributed by atoms with Crippen molar-refractivity contribution in [1.29, 1.82) is 5.26 Å². The summed E-state index contributed by atoms with van der Waals surface area (Å²) in [6.45, 7) is 0.475. The second-order valence-corrected chi connectivity index (χ2v) is 9.56. The van der Waals surface area contributed by atoms with Gasteiger partial charge in [0.2, 0.25) is 5.91 Å². The molecule has 3 aromatic rings. The fourth-order valence-electron chi connectivity index (χ4n) is 2.69. The van der Waals surface area contributed by atoms with Crippen LogP contribution in [0.2, 0.25) is 5.02 Å². The summed E-state index contributed by atoms with van der Waals surface area (Å²) in [5.41, 5.74) is 1.92. The first-order valence-corrected chi connectivity index (χ1v) is 11.8. The van der Waals surface area contributed by atoms with Gasteiger partial charge in [0, 0.05) is 12.8 Å². The molecule has 0 fully saturated rings. The number of thioether (sulfide) groups is 1. The summed E-state index contributed by atoms with van der Waals surface area (Å²) in [6, 6.07) is 13.8. The van der Waals surface area contributed by atoms with Crippen molar-refractivity contribution in [1.82, 2.24) is 9.55 Å². The highest BCUT2D eigenvalue weighted by molar-refractivity contribution is 7.99. The number of para-hydroxylation sites is 2. The number of amides is 1. The van der Waals surface area contributed by atoms with Crippen LogP contribution in [0.3, 0.4) is 0 Å². The zero-order valence-corrected chi connectivity index (χ0v) is 17.8. The van der Waals surface area contributed by atoms with E-state index in [-0.39, 0.29) is 27.3 Å². The highest BCUT2D eigenvalue weighted by Gasteiger charge is 2.15. The topological polar surface area (TPSA) is 105 Å². The van der Waals surface area contributed by atoms with E-state index >= 15 is 0 Å². The number of anilines is 1. The van der Waals surface area contributed by atoms with E-state index in [1.807, 2.05) is 28.8 Å². The molecule has 0 radical (unpaired) electrons. The number of imidazole rings is 1. The predicted molar refractivity (Wildman–Crippen MR) is 114 cm³/mol. The molecule has 29 heavy (non-hydrogen) atoms. The third-order valence-electron chi connectivity index (χ3n) is 4.04. The van der Waals surface area contributed by atoms with Crippen molar-refractivity contribution < 1.29 is 13.2 Å². The standard InChI is InChI=1S/C19H17ClN4O3S2/c1-29(26,27)13-7-8-14(20)16(11-13)22-18(25)12-28-19-23-15-5-2-3-6-17(15)24(19)10-4-9-21/h2-3,5-8,11H,4,10,12H2,1H3,(H,22,25). The summed E-state index contributed by atoms with van der Waals surface area (Å²) in [7, 11) is -3.42. The maximum absolute atomic E-state index is 12.4. The Morgan fingerprint density at radius 1 is 1.31 bits per heavy atom. The lowest BCUT2D eigenvalue weighted by Crippen LogP contribution is -2.15. The molecule has 1 amide bonds. The number of benzene rings is 2.